The SMILES string of the molecule is CCN(CC)C(=O)[C@@H]1CCC(=O)N(CC)[C@H]1c1ccccc1. The number of nitrogens with zero attached hydrogens (tertiary/aromatic N) is 2. The Kier molecular flexibility index (Phi) is 5.58. The fourth-order valence-corrected chi connectivity index (χ4v) is 3.42. The molecule has 4 heteroatoms. The van der Waals surface area contributed by atoms with E-state index in [0.29, 0.717) is 32.5 Å². The van der Waals surface area contributed by atoms with Crippen molar-refractivity contribution >= 4 is 11.8 Å². The molecule has 0 spiro atoms. The van der Waals surface area contributed by atoms with Gasteiger partial charge in [-0.1, -0.05) is 30.3 Å². The third kappa shape index (κ3) is 3.16. The number of carbonyl (C=O) groups excluding carboxylic acids is 2. The average molecular weight is 302 g/mol. The molecule has 0 bridgehead atoms. The van der Waals surface area contributed by atoms with Crippen LogP contribution in [0.15, 0.2) is 30.3 Å². The Morgan fingerprint density at radius 3 is 2.36 bits per heavy atom. The molecule has 4 nitrogen and oxygen atoms in total. The minimum absolute atomic E-state index is 0.138. The summed E-state index contributed by atoms with van der Waals surface area (Å²) in [5, 5.41) is 0. The molecule has 2 atom stereocenters. The zero-order valence-electron chi connectivity index (χ0n) is 13.8. The van der Waals surface area contributed by atoms with E-state index >= 15 is 0 Å². The van der Waals surface area contributed by atoms with Gasteiger partial charge in [0.15, 0.2) is 0 Å². The molecule has 0 aliphatic carbocycles. The van der Waals surface area contributed by atoms with Gasteiger partial charge in [0, 0.05) is 26.1 Å². The van der Waals surface area contributed by atoms with Gasteiger partial charge in [0.25, 0.3) is 0 Å². The largest absolute Gasteiger partial charge is 0.343 e. The zero-order chi connectivity index (χ0) is 16.1. The van der Waals surface area contributed by atoms with Gasteiger partial charge in [-0.3, -0.25) is 9.59 Å². The van der Waals surface area contributed by atoms with Gasteiger partial charge < -0.3 is 9.80 Å². The summed E-state index contributed by atoms with van der Waals surface area (Å²) in [5.74, 6) is 0.185. The Bertz CT molecular complexity index is 511. The van der Waals surface area contributed by atoms with Crippen LogP contribution >= 0.6 is 0 Å². The van der Waals surface area contributed by atoms with Gasteiger partial charge in [0.05, 0.1) is 12.0 Å². The Labute approximate surface area is 133 Å². The normalized spacial score (nSPS) is 21.8. The highest BCUT2D eigenvalue weighted by Gasteiger charge is 2.40. The molecule has 0 N–H and O–H groups in total. The molecule has 1 aliphatic heterocycles. The molecule has 0 radical (unpaired) electrons. The zero-order valence-corrected chi connectivity index (χ0v) is 13.8. The lowest BCUT2D eigenvalue weighted by Gasteiger charge is -2.41. The van der Waals surface area contributed by atoms with Crippen molar-refractivity contribution in [1.29, 1.82) is 0 Å². The number of hydrogen-bond donors (Lipinski definition) is 0. The second kappa shape index (κ2) is 7.43. The summed E-state index contributed by atoms with van der Waals surface area (Å²) in [6, 6.07) is 9.82. The van der Waals surface area contributed by atoms with Crippen molar-refractivity contribution in [1.82, 2.24) is 9.80 Å². The second-order valence-corrected chi connectivity index (χ2v) is 5.69. The first-order valence-electron chi connectivity index (χ1n) is 8.27. The smallest absolute Gasteiger partial charge is 0.228 e. The number of hydrogen-bond acceptors (Lipinski definition) is 2. The van der Waals surface area contributed by atoms with Crippen LogP contribution in [0.1, 0.15) is 45.2 Å². The first kappa shape index (κ1) is 16.5. The molecule has 0 saturated carbocycles. The van der Waals surface area contributed by atoms with Crippen molar-refractivity contribution in [3.05, 3.63) is 35.9 Å². The van der Waals surface area contributed by atoms with E-state index in [4.69, 9.17) is 0 Å². The summed E-state index contributed by atoms with van der Waals surface area (Å²) in [7, 11) is 0. The second-order valence-electron chi connectivity index (χ2n) is 5.69. The molecule has 1 fully saturated rings. The van der Waals surface area contributed by atoms with E-state index in [1.807, 2.05) is 60.9 Å². The number of benzene rings is 1. The van der Waals surface area contributed by atoms with Crippen LogP contribution in [-0.4, -0.2) is 41.2 Å². The fourth-order valence-electron chi connectivity index (χ4n) is 3.42. The van der Waals surface area contributed by atoms with Gasteiger partial charge in [0.2, 0.25) is 11.8 Å². The Morgan fingerprint density at radius 1 is 1.18 bits per heavy atom. The molecule has 1 saturated heterocycles. The summed E-state index contributed by atoms with van der Waals surface area (Å²) in [6.07, 6.45) is 1.11. The molecule has 1 aromatic carbocycles. The summed E-state index contributed by atoms with van der Waals surface area (Å²) < 4.78 is 0. The number of rotatable bonds is 5. The average Bonchev–Trinajstić information content (AvgIpc) is 2.56. The van der Waals surface area contributed by atoms with Gasteiger partial charge in [-0.2, -0.15) is 0 Å². The van der Waals surface area contributed by atoms with Crippen LogP contribution in [0.25, 0.3) is 0 Å². The lowest BCUT2D eigenvalue weighted by Crippen LogP contribution is -2.49. The lowest BCUT2D eigenvalue weighted by atomic mass is 9.83. The molecule has 0 aromatic heterocycles. The summed E-state index contributed by atoms with van der Waals surface area (Å²) in [4.78, 5) is 28.9. The van der Waals surface area contributed by atoms with Gasteiger partial charge in [-0.15, -0.1) is 0 Å². The Morgan fingerprint density at radius 2 is 1.82 bits per heavy atom. The van der Waals surface area contributed by atoms with Gasteiger partial charge >= 0.3 is 0 Å². The van der Waals surface area contributed by atoms with E-state index in [1.54, 1.807) is 0 Å². The molecule has 1 aliphatic rings. The van der Waals surface area contributed by atoms with Gasteiger partial charge in [-0.05, 0) is 32.8 Å². The number of carbonyl (C=O) groups is 2. The fraction of sp³-hybridized carbons (Fsp3) is 0.556. The van der Waals surface area contributed by atoms with E-state index in [9.17, 15) is 9.59 Å². The quantitative estimate of drug-likeness (QED) is 0.839. The molecular formula is C18H26N2O2. The van der Waals surface area contributed by atoms with E-state index in [2.05, 4.69) is 0 Å². The van der Waals surface area contributed by atoms with Crippen molar-refractivity contribution in [2.75, 3.05) is 19.6 Å². The minimum Gasteiger partial charge on any atom is -0.343 e. The van der Waals surface area contributed by atoms with E-state index < -0.39 is 0 Å². The molecule has 1 aromatic rings. The van der Waals surface area contributed by atoms with Crippen LogP contribution in [0.5, 0.6) is 0 Å². The van der Waals surface area contributed by atoms with Crippen LogP contribution in [0.4, 0.5) is 0 Å². The van der Waals surface area contributed by atoms with Gasteiger partial charge in [-0.25, -0.2) is 0 Å². The van der Waals surface area contributed by atoms with Crippen LogP contribution < -0.4 is 0 Å². The Hall–Kier alpha value is -1.84. The van der Waals surface area contributed by atoms with Crippen molar-refractivity contribution in [2.45, 2.75) is 39.7 Å². The van der Waals surface area contributed by atoms with Crippen molar-refractivity contribution < 1.29 is 9.59 Å². The maximum absolute atomic E-state index is 12.9. The van der Waals surface area contributed by atoms with Crippen molar-refractivity contribution in [2.24, 2.45) is 5.92 Å². The highest BCUT2D eigenvalue weighted by molar-refractivity contribution is 5.85. The predicted octanol–water partition coefficient (Wildman–Crippen LogP) is 2.85. The van der Waals surface area contributed by atoms with Crippen LogP contribution in [0.2, 0.25) is 0 Å². The number of amides is 2. The first-order chi connectivity index (χ1) is 10.6. The molecule has 1 heterocycles. The van der Waals surface area contributed by atoms with E-state index in [-0.39, 0.29) is 23.8 Å². The summed E-state index contributed by atoms with van der Waals surface area (Å²) in [5.41, 5.74) is 1.06. The molecule has 0 unspecified atom stereocenters. The molecule has 2 amide bonds. The number of likely N-dealkylation sites (tertiary alicyclic amines) is 1. The third-order valence-corrected chi connectivity index (χ3v) is 4.58. The van der Waals surface area contributed by atoms with Crippen LogP contribution in [0.3, 0.4) is 0 Å². The highest BCUT2D eigenvalue weighted by atomic mass is 16.2. The topological polar surface area (TPSA) is 40.6 Å². The summed E-state index contributed by atoms with van der Waals surface area (Å²) >= 11 is 0. The highest BCUT2D eigenvalue weighted by Crippen LogP contribution is 2.37. The summed E-state index contributed by atoms with van der Waals surface area (Å²) in [6.45, 7) is 8.06. The Balaban J connectivity index is 2.38. The third-order valence-electron chi connectivity index (χ3n) is 4.58. The molecule has 120 valence electrons. The van der Waals surface area contributed by atoms with Crippen LogP contribution in [-0.2, 0) is 9.59 Å². The van der Waals surface area contributed by atoms with Crippen LogP contribution in [0, 0.1) is 5.92 Å². The van der Waals surface area contributed by atoms with Crippen molar-refractivity contribution in [3.63, 3.8) is 0 Å². The van der Waals surface area contributed by atoms with Gasteiger partial charge in [0.1, 0.15) is 0 Å². The first-order valence-corrected chi connectivity index (χ1v) is 8.27. The van der Waals surface area contributed by atoms with Crippen molar-refractivity contribution in [3.8, 4) is 0 Å². The number of piperidine rings is 1. The lowest BCUT2D eigenvalue weighted by molar-refractivity contribution is -0.147. The van der Waals surface area contributed by atoms with E-state index in [0.717, 1.165) is 5.56 Å². The molecule has 22 heavy (non-hydrogen) atoms. The maximum atomic E-state index is 12.9. The molecular weight excluding hydrogens is 276 g/mol. The van der Waals surface area contributed by atoms with E-state index in [1.165, 1.54) is 0 Å². The monoisotopic (exact) mass is 302 g/mol. The minimum atomic E-state index is -0.139. The predicted molar refractivity (Wildman–Crippen MR) is 87.2 cm³/mol. The standard InChI is InChI=1S/C18H26N2O2/c1-4-19(5-2)18(22)15-12-13-16(21)20(6-3)17(15)14-10-8-7-9-11-14/h7-11,15,17H,4-6,12-13H2,1-3H3/t15-,17+/m1/s1. The molecule has 2 rings (SSSR count). The maximum Gasteiger partial charge on any atom is 0.228 e.